The number of alkyl halides is 3. The number of aromatic hydroxyl groups is 1. The van der Waals surface area contributed by atoms with Gasteiger partial charge in [-0.25, -0.2) is 0 Å². The Balaban J connectivity index is 3.20. The highest BCUT2D eigenvalue weighted by molar-refractivity contribution is 5.63. The van der Waals surface area contributed by atoms with Crippen molar-refractivity contribution in [2.75, 3.05) is 0 Å². The van der Waals surface area contributed by atoms with E-state index in [2.05, 4.69) is 6.58 Å². The molecule has 0 bridgehead atoms. The topological polar surface area (TPSA) is 40.5 Å². The highest BCUT2D eigenvalue weighted by Gasteiger charge is 2.31. The molecular weight excluding hydrogens is 197 g/mol. The van der Waals surface area contributed by atoms with E-state index >= 15 is 0 Å². The summed E-state index contributed by atoms with van der Waals surface area (Å²) in [5, 5.41) is 18.0. The standard InChI is InChI=1S/C9H7F3O2/c1-5(13)7-3-2-6(4-8(7)14)9(10,11)12/h2-4,13-14H,1H2. The molecule has 0 aliphatic heterocycles. The smallest absolute Gasteiger partial charge is 0.416 e. The molecule has 0 unspecified atom stereocenters. The second kappa shape index (κ2) is 3.25. The first-order valence-electron chi connectivity index (χ1n) is 3.61. The van der Waals surface area contributed by atoms with Crippen LogP contribution < -0.4 is 0 Å². The van der Waals surface area contributed by atoms with Crippen molar-refractivity contribution in [3.05, 3.63) is 35.9 Å². The van der Waals surface area contributed by atoms with Crippen LogP contribution in [0.25, 0.3) is 5.76 Å². The van der Waals surface area contributed by atoms with Crippen LogP contribution in [0.15, 0.2) is 24.8 Å². The van der Waals surface area contributed by atoms with Crippen molar-refractivity contribution in [2.24, 2.45) is 0 Å². The van der Waals surface area contributed by atoms with Gasteiger partial charge in [0.1, 0.15) is 11.5 Å². The van der Waals surface area contributed by atoms with Gasteiger partial charge in [0.15, 0.2) is 0 Å². The second-order valence-electron chi connectivity index (χ2n) is 2.68. The molecule has 2 N–H and O–H groups in total. The van der Waals surface area contributed by atoms with Gasteiger partial charge in [-0.15, -0.1) is 0 Å². The van der Waals surface area contributed by atoms with Crippen LogP contribution in [-0.4, -0.2) is 10.2 Å². The predicted molar refractivity (Wildman–Crippen MR) is 44.8 cm³/mol. The Labute approximate surface area is 77.9 Å². The lowest BCUT2D eigenvalue weighted by Gasteiger charge is -2.08. The van der Waals surface area contributed by atoms with Gasteiger partial charge in [-0.1, -0.05) is 6.58 Å². The Bertz CT molecular complexity index is 369. The van der Waals surface area contributed by atoms with Crippen LogP contribution in [0.3, 0.4) is 0 Å². The second-order valence-corrected chi connectivity index (χ2v) is 2.68. The predicted octanol–water partition coefficient (Wildman–Crippen LogP) is 2.94. The molecular formula is C9H7F3O2. The van der Waals surface area contributed by atoms with Crippen LogP contribution in [0.5, 0.6) is 5.75 Å². The first-order valence-corrected chi connectivity index (χ1v) is 3.61. The zero-order valence-electron chi connectivity index (χ0n) is 6.97. The van der Waals surface area contributed by atoms with Crippen molar-refractivity contribution in [2.45, 2.75) is 6.18 Å². The molecule has 76 valence electrons. The van der Waals surface area contributed by atoms with Crippen molar-refractivity contribution in [3.63, 3.8) is 0 Å². The maximum atomic E-state index is 12.1. The summed E-state index contributed by atoms with van der Waals surface area (Å²) < 4.78 is 36.3. The normalized spacial score (nSPS) is 11.4. The van der Waals surface area contributed by atoms with E-state index in [0.717, 1.165) is 12.1 Å². The molecule has 0 heterocycles. The summed E-state index contributed by atoms with van der Waals surface area (Å²) in [7, 11) is 0. The molecule has 0 fully saturated rings. The van der Waals surface area contributed by atoms with E-state index in [1.165, 1.54) is 0 Å². The van der Waals surface area contributed by atoms with Gasteiger partial charge < -0.3 is 10.2 Å². The summed E-state index contributed by atoms with van der Waals surface area (Å²) in [4.78, 5) is 0. The van der Waals surface area contributed by atoms with Gasteiger partial charge in [0.05, 0.1) is 11.1 Å². The van der Waals surface area contributed by atoms with Gasteiger partial charge in [0.2, 0.25) is 0 Å². The van der Waals surface area contributed by atoms with Crippen LogP contribution in [0.1, 0.15) is 11.1 Å². The van der Waals surface area contributed by atoms with Gasteiger partial charge in [-0.3, -0.25) is 0 Å². The maximum Gasteiger partial charge on any atom is 0.416 e. The van der Waals surface area contributed by atoms with Crippen molar-refractivity contribution in [1.29, 1.82) is 0 Å². The van der Waals surface area contributed by atoms with Gasteiger partial charge in [0, 0.05) is 0 Å². The number of rotatable bonds is 1. The molecule has 1 aromatic rings. The Kier molecular flexibility index (Phi) is 2.42. The fraction of sp³-hybridized carbons (Fsp3) is 0.111. The molecule has 0 aromatic heterocycles. The fourth-order valence-electron chi connectivity index (χ4n) is 0.952. The van der Waals surface area contributed by atoms with Crippen molar-refractivity contribution >= 4 is 5.76 Å². The Morgan fingerprint density at radius 1 is 1.29 bits per heavy atom. The van der Waals surface area contributed by atoms with Crippen LogP contribution in [0.2, 0.25) is 0 Å². The number of benzene rings is 1. The number of halogens is 3. The summed E-state index contributed by atoms with van der Waals surface area (Å²) >= 11 is 0. The molecule has 0 aliphatic rings. The first kappa shape index (κ1) is 10.4. The average molecular weight is 204 g/mol. The van der Waals surface area contributed by atoms with E-state index in [-0.39, 0.29) is 5.56 Å². The Morgan fingerprint density at radius 2 is 1.86 bits per heavy atom. The molecule has 0 atom stereocenters. The van der Waals surface area contributed by atoms with Crippen LogP contribution >= 0.6 is 0 Å². The largest absolute Gasteiger partial charge is 0.508 e. The highest BCUT2D eigenvalue weighted by Crippen LogP contribution is 2.33. The highest BCUT2D eigenvalue weighted by atomic mass is 19.4. The summed E-state index contributed by atoms with van der Waals surface area (Å²) in [6.07, 6.45) is -4.51. The SMILES string of the molecule is C=C(O)c1ccc(C(F)(F)F)cc1O. The molecule has 14 heavy (non-hydrogen) atoms. The average Bonchev–Trinajstić information content (AvgIpc) is 2.01. The zero-order chi connectivity index (χ0) is 10.9. The molecule has 0 radical (unpaired) electrons. The van der Waals surface area contributed by atoms with Crippen molar-refractivity contribution < 1.29 is 23.4 Å². The van der Waals surface area contributed by atoms with Gasteiger partial charge in [-0.05, 0) is 18.2 Å². The number of aliphatic hydroxyl groups excluding tert-OH is 1. The van der Waals surface area contributed by atoms with E-state index in [0.29, 0.717) is 6.07 Å². The lowest BCUT2D eigenvalue weighted by Crippen LogP contribution is -2.04. The monoisotopic (exact) mass is 204 g/mol. The summed E-state index contributed by atoms with van der Waals surface area (Å²) in [5.74, 6) is -1.12. The van der Waals surface area contributed by atoms with Crippen molar-refractivity contribution in [1.82, 2.24) is 0 Å². The van der Waals surface area contributed by atoms with Gasteiger partial charge >= 0.3 is 6.18 Å². The molecule has 1 rings (SSSR count). The summed E-state index contributed by atoms with van der Waals surface area (Å²) in [6.45, 7) is 3.09. The van der Waals surface area contributed by atoms with Crippen LogP contribution in [-0.2, 0) is 6.18 Å². The van der Waals surface area contributed by atoms with E-state index < -0.39 is 23.2 Å². The molecule has 0 saturated carbocycles. The number of hydrogen-bond acceptors (Lipinski definition) is 2. The maximum absolute atomic E-state index is 12.1. The fourth-order valence-corrected chi connectivity index (χ4v) is 0.952. The molecule has 1 aromatic carbocycles. The molecule has 0 saturated heterocycles. The lowest BCUT2D eigenvalue weighted by molar-refractivity contribution is -0.137. The summed E-state index contributed by atoms with van der Waals surface area (Å²) in [6, 6.07) is 2.26. The minimum absolute atomic E-state index is 0.113. The number of phenols is 1. The van der Waals surface area contributed by atoms with Gasteiger partial charge in [0.25, 0.3) is 0 Å². The molecule has 5 heteroatoms. The third-order valence-electron chi connectivity index (χ3n) is 1.64. The third kappa shape index (κ3) is 1.99. The first-order chi connectivity index (χ1) is 6.32. The third-order valence-corrected chi connectivity index (χ3v) is 1.64. The van der Waals surface area contributed by atoms with E-state index in [1.54, 1.807) is 0 Å². The molecule has 0 amide bonds. The lowest BCUT2D eigenvalue weighted by atomic mass is 10.1. The van der Waals surface area contributed by atoms with E-state index in [4.69, 9.17) is 10.2 Å². The summed E-state index contributed by atoms with van der Waals surface area (Å²) in [5.41, 5.74) is -1.09. The number of hydrogen-bond donors (Lipinski definition) is 2. The minimum Gasteiger partial charge on any atom is -0.508 e. The molecule has 0 spiro atoms. The van der Waals surface area contributed by atoms with E-state index in [9.17, 15) is 13.2 Å². The van der Waals surface area contributed by atoms with Crippen LogP contribution in [0, 0.1) is 0 Å². The zero-order valence-corrected chi connectivity index (χ0v) is 6.97. The number of aliphatic hydroxyl groups is 1. The quantitative estimate of drug-likeness (QED) is 0.690. The Hall–Kier alpha value is -1.65. The van der Waals surface area contributed by atoms with Gasteiger partial charge in [-0.2, -0.15) is 13.2 Å². The van der Waals surface area contributed by atoms with Crippen LogP contribution in [0.4, 0.5) is 13.2 Å². The number of phenolic OH excluding ortho intramolecular Hbond substituents is 1. The minimum atomic E-state index is -4.51. The molecule has 2 nitrogen and oxygen atoms in total. The Morgan fingerprint density at radius 3 is 2.21 bits per heavy atom. The molecule has 0 aliphatic carbocycles. The van der Waals surface area contributed by atoms with Crippen molar-refractivity contribution in [3.8, 4) is 5.75 Å². The van der Waals surface area contributed by atoms with E-state index in [1.807, 2.05) is 0 Å².